The molecule has 1 amide bonds. The molecule has 2 aromatic rings. The predicted octanol–water partition coefficient (Wildman–Crippen LogP) is 1.42. The van der Waals surface area contributed by atoms with Gasteiger partial charge in [0.2, 0.25) is 0 Å². The van der Waals surface area contributed by atoms with Crippen LogP contribution in [-0.2, 0) is 9.84 Å². The van der Waals surface area contributed by atoms with E-state index in [1.165, 1.54) is 12.1 Å². The second-order valence-corrected chi connectivity index (χ2v) is 7.84. The summed E-state index contributed by atoms with van der Waals surface area (Å²) in [6.45, 7) is 0. The van der Waals surface area contributed by atoms with E-state index in [1.807, 2.05) is 0 Å². The summed E-state index contributed by atoms with van der Waals surface area (Å²) >= 11 is 0. The Labute approximate surface area is 142 Å². The average Bonchev–Trinajstić information content (AvgIpc) is 2.89. The van der Waals surface area contributed by atoms with Gasteiger partial charge in [0.15, 0.2) is 9.84 Å². The van der Waals surface area contributed by atoms with Gasteiger partial charge in [-0.05, 0) is 18.6 Å². The summed E-state index contributed by atoms with van der Waals surface area (Å²) in [5.41, 5.74) is -0.00216. The summed E-state index contributed by atoms with van der Waals surface area (Å²) in [6.07, 6.45) is 1.47. The molecule has 132 valence electrons. The Morgan fingerprint density at radius 2 is 2.00 bits per heavy atom. The fourth-order valence-electron chi connectivity index (χ4n) is 2.45. The zero-order valence-electron chi connectivity index (χ0n) is 12.9. The third kappa shape index (κ3) is 4.27. The summed E-state index contributed by atoms with van der Waals surface area (Å²) in [4.78, 5) is 19.9. The first kappa shape index (κ1) is 17.2. The fourth-order valence-corrected chi connectivity index (χ4v) is 4.12. The molecule has 2 heterocycles. The molecular formula is C15H14F2N4O3S. The van der Waals surface area contributed by atoms with Gasteiger partial charge in [-0.25, -0.2) is 27.2 Å². The van der Waals surface area contributed by atoms with Crippen LogP contribution in [0.2, 0.25) is 0 Å². The monoisotopic (exact) mass is 368 g/mol. The van der Waals surface area contributed by atoms with E-state index in [2.05, 4.69) is 20.6 Å². The maximum Gasteiger partial charge on any atom is 0.270 e. The molecular weight excluding hydrogens is 354 g/mol. The van der Waals surface area contributed by atoms with Gasteiger partial charge in [0.1, 0.15) is 29.5 Å². The lowest BCUT2D eigenvalue weighted by Crippen LogP contribution is -2.36. The fraction of sp³-hybridized carbons (Fsp3) is 0.267. The summed E-state index contributed by atoms with van der Waals surface area (Å²) in [5.74, 6) is -1.98. The standard InChI is InChI=1S/C15H14F2N4O3S/c16-9-1-2-12(11(17)5-9)21-14-6-13(18-8-19-14)15(22)20-10-3-4-25(23,24)7-10/h1-2,5-6,8,10H,3-4,7H2,(H,20,22)(H,18,19,21). The smallest absolute Gasteiger partial charge is 0.270 e. The van der Waals surface area contributed by atoms with Crippen molar-refractivity contribution in [2.24, 2.45) is 0 Å². The minimum absolute atomic E-state index is 0.00400. The van der Waals surface area contributed by atoms with Crippen LogP contribution in [0.4, 0.5) is 20.3 Å². The van der Waals surface area contributed by atoms with Crippen molar-refractivity contribution in [3.05, 3.63) is 47.9 Å². The molecule has 1 aliphatic heterocycles. The van der Waals surface area contributed by atoms with Crippen molar-refractivity contribution in [1.82, 2.24) is 15.3 Å². The number of aromatic nitrogens is 2. The number of rotatable bonds is 4. The van der Waals surface area contributed by atoms with Crippen LogP contribution in [0.5, 0.6) is 0 Å². The van der Waals surface area contributed by atoms with Crippen LogP contribution in [-0.4, -0.2) is 41.8 Å². The number of amides is 1. The number of carbonyl (C=O) groups is 1. The van der Waals surface area contributed by atoms with E-state index < -0.39 is 33.4 Å². The Morgan fingerprint density at radius 3 is 2.68 bits per heavy atom. The van der Waals surface area contributed by atoms with Gasteiger partial charge in [-0.2, -0.15) is 0 Å². The van der Waals surface area contributed by atoms with Crippen LogP contribution < -0.4 is 10.6 Å². The minimum Gasteiger partial charge on any atom is -0.347 e. The van der Waals surface area contributed by atoms with Crippen molar-refractivity contribution in [3.8, 4) is 0 Å². The third-order valence-corrected chi connectivity index (χ3v) is 5.43. The number of anilines is 2. The minimum atomic E-state index is -3.11. The zero-order chi connectivity index (χ0) is 18.0. The Morgan fingerprint density at radius 1 is 1.20 bits per heavy atom. The Balaban J connectivity index is 1.71. The van der Waals surface area contributed by atoms with E-state index in [1.54, 1.807) is 0 Å². The van der Waals surface area contributed by atoms with Gasteiger partial charge in [-0.3, -0.25) is 4.79 Å². The highest BCUT2D eigenvalue weighted by atomic mass is 32.2. The number of halogens is 2. The van der Waals surface area contributed by atoms with Gasteiger partial charge in [0.25, 0.3) is 5.91 Å². The van der Waals surface area contributed by atoms with Crippen molar-refractivity contribution in [2.75, 3.05) is 16.8 Å². The molecule has 1 aromatic heterocycles. The molecule has 0 radical (unpaired) electrons. The molecule has 0 bridgehead atoms. The highest BCUT2D eigenvalue weighted by Crippen LogP contribution is 2.19. The molecule has 0 spiro atoms. The quantitative estimate of drug-likeness (QED) is 0.846. The van der Waals surface area contributed by atoms with Crippen molar-refractivity contribution in [2.45, 2.75) is 12.5 Å². The Kier molecular flexibility index (Phi) is 4.62. The van der Waals surface area contributed by atoms with E-state index >= 15 is 0 Å². The van der Waals surface area contributed by atoms with Gasteiger partial charge in [0, 0.05) is 18.2 Å². The van der Waals surface area contributed by atoms with E-state index in [0.717, 1.165) is 18.5 Å². The zero-order valence-corrected chi connectivity index (χ0v) is 13.7. The number of benzene rings is 1. The summed E-state index contributed by atoms with van der Waals surface area (Å²) in [5, 5.41) is 5.23. The normalized spacial score (nSPS) is 18.7. The lowest BCUT2D eigenvalue weighted by molar-refractivity contribution is 0.0936. The molecule has 1 aromatic carbocycles. The summed E-state index contributed by atoms with van der Waals surface area (Å²) < 4.78 is 49.4. The molecule has 1 saturated heterocycles. The van der Waals surface area contributed by atoms with Crippen molar-refractivity contribution < 1.29 is 22.0 Å². The van der Waals surface area contributed by atoms with Crippen LogP contribution in [0, 0.1) is 11.6 Å². The molecule has 0 saturated carbocycles. The SMILES string of the molecule is O=C(NC1CCS(=O)(=O)C1)c1cc(Nc2ccc(F)cc2F)ncn1. The van der Waals surface area contributed by atoms with Gasteiger partial charge in [0.05, 0.1) is 17.2 Å². The van der Waals surface area contributed by atoms with E-state index in [9.17, 15) is 22.0 Å². The molecule has 0 aliphatic carbocycles. The second-order valence-electron chi connectivity index (χ2n) is 5.61. The first-order valence-electron chi connectivity index (χ1n) is 7.38. The molecule has 3 rings (SSSR count). The molecule has 1 unspecified atom stereocenters. The molecule has 10 heteroatoms. The number of hydrogen-bond donors (Lipinski definition) is 2. The second kappa shape index (κ2) is 6.71. The highest BCUT2D eigenvalue weighted by molar-refractivity contribution is 7.91. The van der Waals surface area contributed by atoms with Crippen molar-refractivity contribution in [1.29, 1.82) is 0 Å². The van der Waals surface area contributed by atoms with Crippen molar-refractivity contribution >= 4 is 27.2 Å². The maximum absolute atomic E-state index is 13.7. The Hall–Kier alpha value is -2.62. The average molecular weight is 368 g/mol. The van der Waals surface area contributed by atoms with Gasteiger partial charge in [-0.15, -0.1) is 0 Å². The Bertz CT molecular complexity index is 921. The number of nitrogens with one attached hydrogen (secondary N) is 2. The third-order valence-electron chi connectivity index (χ3n) is 3.66. The number of sulfone groups is 1. The lowest BCUT2D eigenvalue weighted by atomic mass is 10.2. The van der Waals surface area contributed by atoms with E-state index in [-0.39, 0.29) is 28.7 Å². The predicted molar refractivity (Wildman–Crippen MR) is 86.2 cm³/mol. The van der Waals surface area contributed by atoms with Crippen LogP contribution in [0.1, 0.15) is 16.9 Å². The molecule has 1 fully saturated rings. The van der Waals surface area contributed by atoms with Gasteiger partial charge in [-0.1, -0.05) is 0 Å². The van der Waals surface area contributed by atoms with E-state index in [4.69, 9.17) is 0 Å². The topological polar surface area (TPSA) is 101 Å². The molecule has 1 aliphatic rings. The van der Waals surface area contributed by atoms with Crippen LogP contribution in [0.15, 0.2) is 30.6 Å². The summed E-state index contributed by atoms with van der Waals surface area (Å²) in [6, 6.07) is 3.84. The van der Waals surface area contributed by atoms with E-state index in [0.29, 0.717) is 6.42 Å². The van der Waals surface area contributed by atoms with Crippen LogP contribution >= 0.6 is 0 Å². The first-order valence-corrected chi connectivity index (χ1v) is 9.20. The molecule has 1 atom stereocenters. The first-order chi connectivity index (χ1) is 11.8. The molecule has 25 heavy (non-hydrogen) atoms. The van der Waals surface area contributed by atoms with Gasteiger partial charge >= 0.3 is 0 Å². The van der Waals surface area contributed by atoms with Gasteiger partial charge < -0.3 is 10.6 Å². The maximum atomic E-state index is 13.7. The lowest BCUT2D eigenvalue weighted by Gasteiger charge is -2.11. The number of carbonyl (C=O) groups excluding carboxylic acids is 1. The summed E-state index contributed by atoms with van der Waals surface area (Å²) in [7, 11) is -3.11. The highest BCUT2D eigenvalue weighted by Gasteiger charge is 2.29. The number of nitrogens with zero attached hydrogens (tertiary/aromatic N) is 2. The van der Waals surface area contributed by atoms with Crippen LogP contribution in [0.3, 0.4) is 0 Å². The molecule has 7 nitrogen and oxygen atoms in total. The van der Waals surface area contributed by atoms with Crippen LogP contribution in [0.25, 0.3) is 0 Å². The number of hydrogen-bond acceptors (Lipinski definition) is 6. The largest absolute Gasteiger partial charge is 0.347 e. The van der Waals surface area contributed by atoms with Crippen molar-refractivity contribution in [3.63, 3.8) is 0 Å². The molecule has 2 N–H and O–H groups in total.